The summed E-state index contributed by atoms with van der Waals surface area (Å²) in [6.07, 6.45) is 9.89. The first kappa shape index (κ1) is 21.3. The second-order valence-electron chi connectivity index (χ2n) is 9.02. The molecule has 1 fully saturated rings. The summed E-state index contributed by atoms with van der Waals surface area (Å²) >= 11 is 1.85. The maximum atomic E-state index is 11.8. The summed E-state index contributed by atoms with van der Waals surface area (Å²) in [5.74, 6) is 0.752. The minimum atomic E-state index is -0.281. The number of anilines is 1. The summed E-state index contributed by atoms with van der Waals surface area (Å²) in [4.78, 5) is 26.0. The molecular weight excluding hydrogens is 420 g/mol. The Kier molecular flexibility index (Phi) is 6.11. The number of hydrogen-bond acceptors (Lipinski definition) is 7. The van der Waals surface area contributed by atoms with E-state index in [1.807, 2.05) is 23.5 Å². The fraction of sp³-hybridized carbons (Fsp3) is 0.480. The molecule has 0 bridgehead atoms. The second kappa shape index (κ2) is 9.16. The van der Waals surface area contributed by atoms with Crippen molar-refractivity contribution >= 4 is 33.3 Å². The van der Waals surface area contributed by atoms with Gasteiger partial charge in [-0.05, 0) is 75.3 Å². The van der Waals surface area contributed by atoms with Crippen molar-refractivity contribution in [2.24, 2.45) is 0 Å². The maximum absolute atomic E-state index is 11.8. The number of hydrogen-bond donors (Lipinski definition) is 1. The van der Waals surface area contributed by atoms with Crippen LogP contribution in [0, 0.1) is 0 Å². The van der Waals surface area contributed by atoms with E-state index in [9.17, 15) is 4.79 Å². The number of esters is 1. The zero-order valence-electron chi connectivity index (χ0n) is 18.8. The normalized spacial score (nSPS) is 20.5. The van der Waals surface area contributed by atoms with Gasteiger partial charge in [0.05, 0.1) is 18.1 Å². The first-order chi connectivity index (χ1) is 15.6. The van der Waals surface area contributed by atoms with E-state index in [1.165, 1.54) is 35.8 Å². The van der Waals surface area contributed by atoms with E-state index in [0.717, 1.165) is 54.9 Å². The molecule has 1 aromatic carbocycles. The fourth-order valence-corrected chi connectivity index (χ4v) is 6.45. The number of nitrogens with zero attached hydrogens (tertiary/aromatic N) is 3. The number of aromatic nitrogens is 2. The number of carbonyl (C=O) groups excluding carboxylic acids is 1. The number of fused-ring (bicyclic) bond motifs is 3. The molecule has 2 aliphatic carbocycles. The van der Waals surface area contributed by atoms with E-state index in [2.05, 4.69) is 33.3 Å². The average molecular weight is 451 g/mol. The Bertz CT molecular complexity index is 1120. The van der Waals surface area contributed by atoms with Crippen molar-refractivity contribution in [3.63, 3.8) is 0 Å². The summed E-state index contributed by atoms with van der Waals surface area (Å²) < 4.78 is 4.85. The van der Waals surface area contributed by atoms with Crippen LogP contribution in [0.3, 0.4) is 0 Å². The molecule has 2 aliphatic rings. The molecule has 0 radical (unpaired) electrons. The average Bonchev–Trinajstić information content (AvgIpc) is 3.41. The highest BCUT2D eigenvalue weighted by Gasteiger charge is 2.26. The summed E-state index contributed by atoms with van der Waals surface area (Å²) in [5, 5.41) is 5.03. The van der Waals surface area contributed by atoms with Gasteiger partial charge in [-0.3, -0.25) is 4.90 Å². The molecule has 168 valence electrons. The molecule has 0 atom stereocenters. The highest BCUT2D eigenvalue weighted by molar-refractivity contribution is 7.19. The third-order valence-electron chi connectivity index (χ3n) is 6.94. The Morgan fingerprint density at radius 3 is 2.88 bits per heavy atom. The Balaban J connectivity index is 1.20. The lowest BCUT2D eigenvalue weighted by Crippen LogP contribution is -2.38. The van der Waals surface area contributed by atoms with Crippen molar-refractivity contribution in [2.45, 2.75) is 63.6 Å². The number of nitrogens with one attached hydrogen (secondary N) is 1. The number of thiophene rings is 1. The topological polar surface area (TPSA) is 67.3 Å². The van der Waals surface area contributed by atoms with Gasteiger partial charge in [0.2, 0.25) is 0 Å². The van der Waals surface area contributed by atoms with E-state index in [4.69, 9.17) is 4.74 Å². The van der Waals surface area contributed by atoms with E-state index in [-0.39, 0.29) is 5.97 Å². The molecule has 2 heterocycles. The second-order valence-corrected chi connectivity index (χ2v) is 10.1. The molecule has 3 aromatic rings. The van der Waals surface area contributed by atoms with Crippen molar-refractivity contribution in [3.8, 4) is 0 Å². The summed E-state index contributed by atoms with van der Waals surface area (Å²) in [5.41, 5.74) is 3.24. The van der Waals surface area contributed by atoms with Crippen LogP contribution in [-0.4, -0.2) is 47.1 Å². The van der Waals surface area contributed by atoms with Crippen LogP contribution in [0.5, 0.6) is 0 Å². The largest absolute Gasteiger partial charge is 0.465 e. The van der Waals surface area contributed by atoms with Crippen LogP contribution in [0.1, 0.15) is 58.5 Å². The highest BCUT2D eigenvalue weighted by Crippen LogP contribution is 2.39. The molecule has 5 rings (SSSR count). The first-order valence-corrected chi connectivity index (χ1v) is 12.3. The van der Waals surface area contributed by atoms with Gasteiger partial charge < -0.3 is 10.1 Å². The number of benzene rings is 1. The van der Waals surface area contributed by atoms with Gasteiger partial charge >= 0.3 is 5.97 Å². The summed E-state index contributed by atoms with van der Waals surface area (Å²) in [6.45, 7) is 0.834. The monoisotopic (exact) mass is 450 g/mol. The van der Waals surface area contributed by atoms with Crippen LogP contribution in [-0.2, 0) is 24.1 Å². The number of ether oxygens (including phenoxy) is 1. The molecule has 0 amide bonds. The smallest absolute Gasteiger partial charge is 0.337 e. The number of carbonyl (C=O) groups is 1. The van der Waals surface area contributed by atoms with Gasteiger partial charge in [-0.1, -0.05) is 12.1 Å². The Labute approximate surface area is 193 Å². The third kappa shape index (κ3) is 4.24. The Morgan fingerprint density at radius 2 is 2.06 bits per heavy atom. The van der Waals surface area contributed by atoms with Gasteiger partial charge in [-0.25, -0.2) is 14.8 Å². The van der Waals surface area contributed by atoms with Crippen molar-refractivity contribution in [3.05, 3.63) is 52.2 Å². The third-order valence-corrected chi connectivity index (χ3v) is 8.14. The van der Waals surface area contributed by atoms with Gasteiger partial charge in [0.15, 0.2) is 0 Å². The van der Waals surface area contributed by atoms with Crippen LogP contribution >= 0.6 is 11.3 Å². The predicted octanol–water partition coefficient (Wildman–Crippen LogP) is 4.82. The van der Waals surface area contributed by atoms with Crippen molar-refractivity contribution in [2.75, 3.05) is 19.5 Å². The Morgan fingerprint density at radius 1 is 1.22 bits per heavy atom. The minimum Gasteiger partial charge on any atom is -0.465 e. The Hall–Kier alpha value is -2.51. The SMILES string of the molecule is COC(=O)c1cccc(CN(C)C2CCC(Nc3ncnc4sc5c(c34)CCC5)CC2)c1. The molecule has 6 nitrogen and oxygen atoms in total. The van der Waals surface area contributed by atoms with Crippen LogP contribution in [0.25, 0.3) is 10.2 Å². The van der Waals surface area contributed by atoms with Crippen molar-refractivity contribution < 1.29 is 9.53 Å². The molecule has 32 heavy (non-hydrogen) atoms. The van der Waals surface area contributed by atoms with Gasteiger partial charge in [0, 0.05) is 23.5 Å². The highest BCUT2D eigenvalue weighted by atomic mass is 32.1. The van der Waals surface area contributed by atoms with E-state index >= 15 is 0 Å². The fourth-order valence-electron chi connectivity index (χ4n) is 5.22. The first-order valence-electron chi connectivity index (χ1n) is 11.5. The molecule has 1 N–H and O–H groups in total. The summed E-state index contributed by atoms with van der Waals surface area (Å²) in [6, 6.07) is 8.76. The molecule has 0 unspecified atom stereocenters. The number of methoxy groups -OCH3 is 1. The molecule has 2 aromatic heterocycles. The summed E-state index contributed by atoms with van der Waals surface area (Å²) in [7, 11) is 3.61. The van der Waals surface area contributed by atoms with E-state index in [0.29, 0.717) is 17.6 Å². The van der Waals surface area contributed by atoms with Gasteiger partial charge in [-0.2, -0.15) is 0 Å². The van der Waals surface area contributed by atoms with Gasteiger partial charge in [-0.15, -0.1) is 11.3 Å². The molecule has 7 heteroatoms. The zero-order chi connectivity index (χ0) is 22.1. The molecule has 0 spiro atoms. The zero-order valence-corrected chi connectivity index (χ0v) is 19.6. The van der Waals surface area contributed by atoms with Gasteiger partial charge in [0.25, 0.3) is 0 Å². The van der Waals surface area contributed by atoms with Crippen LogP contribution in [0.15, 0.2) is 30.6 Å². The van der Waals surface area contributed by atoms with E-state index < -0.39 is 0 Å². The van der Waals surface area contributed by atoms with Crippen LogP contribution in [0.2, 0.25) is 0 Å². The quantitative estimate of drug-likeness (QED) is 0.543. The lowest BCUT2D eigenvalue weighted by molar-refractivity contribution is 0.0600. The molecule has 1 saturated carbocycles. The standard InChI is InChI=1S/C25H30N4O2S/c1-29(14-16-5-3-6-17(13-16)25(30)31-2)19-11-9-18(10-12-19)28-23-22-20-7-4-8-21(20)32-24(22)27-15-26-23/h3,5-6,13,15,18-19H,4,7-12,14H2,1-2H3,(H,26,27,28). The minimum absolute atomic E-state index is 0.281. The maximum Gasteiger partial charge on any atom is 0.337 e. The van der Waals surface area contributed by atoms with Gasteiger partial charge in [0.1, 0.15) is 17.0 Å². The number of aryl methyl sites for hydroxylation is 2. The lowest BCUT2D eigenvalue weighted by Gasteiger charge is -2.35. The van der Waals surface area contributed by atoms with Crippen LogP contribution < -0.4 is 5.32 Å². The molecule has 0 saturated heterocycles. The van der Waals surface area contributed by atoms with Crippen LogP contribution in [0.4, 0.5) is 5.82 Å². The van der Waals surface area contributed by atoms with Crippen molar-refractivity contribution in [1.82, 2.24) is 14.9 Å². The molecular formula is C25H30N4O2S. The number of rotatable bonds is 6. The van der Waals surface area contributed by atoms with Crippen molar-refractivity contribution in [1.29, 1.82) is 0 Å². The molecule has 0 aliphatic heterocycles. The predicted molar refractivity (Wildman–Crippen MR) is 128 cm³/mol. The lowest BCUT2D eigenvalue weighted by atomic mass is 9.90. The van der Waals surface area contributed by atoms with E-state index in [1.54, 1.807) is 12.4 Å².